The second kappa shape index (κ2) is 12.1. The van der Waals surface area contributed by atoms with E-state index in [-0.39, 0.29) is 30.5 Å². The largest absolute Gasteiger partial charge is 0.386 e. The Hall–Kier alpha value is -1.92. The number of likely N-dealkylation sites (tertiary alicyclic amines) is 1. The molecule has 3 saturated heterocycles. The number of rotatable bonds is 4. The van der Waals surface area contributed by atoms with Gasteiger partial charge in [-0.2, -0.15) is 0 Å². The number of nitrogens with zero attached hydrogens (tertiary/aromatic N) is 3. The van der Waals surface area contributed by atoms with Gasteiger partial charge in [-0.25, -0.2) is 8.78 Å². The molecule has 2 bridgehead atoms. The number of aliphatic imine (C=N–C) groups is 1. The third-order valence-corrected chi connectivity index (χ3v) is 10.2. The lowest BCUT2D eigenvalue weighted by atomic mass is 9.66. The van der Waals surface area contributed by atoms with Crippen LogP contribution < -0.4 is 27.0 Å². The summed E-state index contributed by atoms with van der Waals surface area (Å²) < 4.78 is 30.1. The minimum atomic E-state index is -1.20. The molecule has 222 valence electrons. The summed E-state index contributed by atoms with van der Waals surface area (Å²) in [6, 6.07) is -0.130. The maximum atomic E-state index is 15.5. The smallest absolute Gasteiger partial charge is 0.235 e. The molecule has 0 aromatic heterocycles. The Morgan fingerprint density at radius 2 is 1.90 bits per heavy atom. The summed E-state index contributed by atoms with van der Waals surface area (Å²) in [4.78, 5) is 23.3. The highest BCUT2D eigenvalue weighted by Crippen LogP contribution is 2.46. The number of halogens is 2. The third kappa shape index (κ3) is 5.72. The lowest BCUT2D eigenvalue weighted by molar-refractivity contribution is -0.123. The van der Waals surface area contributed by atoms with Gasteiger partial charge in [0.05, 0.1) is 24.4 Å². The number of alkyl halides is 2. The zero-order valence-corrected chi connectivity index (χ0v) is 23.5. The van der Waals surface area contributed by atoms with Crippen molar-refractivity contribution in [1.29, 1.82) is 0 Å². The van der Waals surface area contributed by atoms with Gasteiger partial charge < -0.3 is 21.7 Å². The van der Waals surface area contributed by atoms with Crippen molar-refractivity contribution in [3.05, 3.63) is 24.0 Å². The van der Waals surface area contributed by atoms with E-state index < -0.39 is 30.5 Å². The van der Waals surface area contributed by atoms with Crippen LogP contribution in [0.4, 0.5) is 8.78 Å². The molecule has 6 N–H and O–H groups in total. The fraction of sp³-hybridized carbons (Fsp3) is 0.793. The number of carbonyl (C=O) groups is 1. The van der Waals surface area contributed by atoms with Crippen molar-refractivity contribution in [3.8, 4) is 0 Å². The van der Waals surface area contributed by atoms with Crippen LogP contribution in [-0.2, 0) is 4.79 Å². The number of nitrogens with one attached hydrogen (secondary N) is 4. The van der Waals surface area contributed by atoms with Crippen molar-refractivity contribution in [2.24, 2.45) is 22.1 Å². The van der Waals surface area contributed by atoms with Crippen LogP contribution in [0.5, 0.6) is 0 Å². The number of fused-ring (bicyclic) bond motifs is 1. The van der Waals surface area contributed by atoms with Gasteiger partial charge in [0, 0.05) is 63.4 Å². The zero-order valence-electron chi connectivity index (χ0n) is 23.5. The molecule has 0 aromatic carbocycles. The zero-order chi connectivity index (χ0) is 27.7. The molecule has 1 spiro atoms. The molecule has 5 heterocycles. The molecular weight excluding hydrogens is 514 g/mol. The van der Waals surface area contributed by atoms with E-state index in [1.54, 1.807) is 12.3 Å². The maximum absolute atomic E-state index is 15.5. The van der Waals surface area contributed by atoms with Crippen LogP contribution in [0.2, 0.25) is 0 Å². The van der Waals surface area contributed by atoms with E-state index in [1.807, 2.05) is 6.08 Å². The Balaban J connectivity index is 1.20. The number of hydrogen-bond donors (Lipinski definition) is 5. The lowest BCUT2D eigenvalue weighted by Crippen LogP contribution is -2.59. The fourth-order valence-electron chi connectivity index (χ4n) is 8.03. The van der Waals surface area contributed by atoms with Crippen molar-refractivity contribution in [2.45, 2.75) is 88.0 Å². The van der Waals surface area contributed by atoms with E-state index in [0.717, 1.165) is 71.4 Å². The molecule has 40 heavy (non-hydrogen) atoms. The first kappa shape index (κ1) is 28.2. The summed E-state index contributed by atoms with van der Waals surface area (Å²) in [5.41, 5.74) is 7.78. The molecule has 5 aliphatic heterocycles. The highest BCUT2D eigenvalue weighted by atomic mass is 19.1. The molecule has 9 nitrogen and oxygen atoms in total. The van der Waals surface area contributed by atoms with Gasteiger partial charge in [0.1, 0.15) is 18.3 Å². The summed E-state index contributed by atoms with van der Waals surface area (Å²) >= 11 is 0. The maximum Gasteiger partial charge on any atom is 0.235 e. The Bertz CT molecular complexity index is 1000. The highest BCUT2D eigenvalue weighted by Gasteiger charge is 2.48. The number of nitrogens with two attached hydrogens (primary N) is 1. The molecule has 4 fully saturated rings. The first-order valence-electron chi connectivity index (χ1n) is 15.4. The average Bonchev–Trinajstić information content (AvgIpc) is 3.47. The Morgan fingerprint density at radius 1 is 1.10 bits per heavy atom. The predicted octanol–water partition coefficient (Wildman–Crippen LogP) is 1.14. The van der Waals surface area contributed by atoms with Crippen molar-refractivity contribution >= 4 is 11.6 Å². The Labute approximate surface area is 236 Å². The van der Waals surface area contributed by atoms with Crippen LogP contribution in [0.25, 0.3) is 0 Å². The van der Waals surface area contributed by atoms with Gasteiger partial charge in [0.25, 0.3) is 0 Å². The van der Waals surface area contributed by atoms with Gasteiger partial charge in [-0.05, 0) is 37.5 Å². The van der Waals surface area contributed by atoms with E-state index in [4.69, 9.17) is 5.73 Å². The van der Waals surface area contributed by atoms with Gasteiger partial charge in [0.15, 0.2) is 0 Å². The van der Waals surface area contributed by atoms with Gasteiger partial charge in [-0.15, -0.1) is 0 Å². The normalized spacial score (nSPS) is 39.7. The number of piperidine rings is 1. The molecule has 6 atom stereocenters. The van der Waals surface area contributed by atoms with Crippen molar-refractivity contribution in [3.63, 3.8) is 0 Å². The predicted molar refractivity (Wildman–Crippen MR) is 152 cm³/mol. The van der Waals surface area contributed by atoms with Gasteiger partial charge >= 0.3 is 0 Å². The number of amides is 1. The van der Waals surface area contributed by atoms with Crippen LogP contribution in [-0.4, -0.2) is 104 Å². The molecular formula is C29H46F2N8O. The van der Waals surface area contributed by atoms with Crippen LogP contribution >= 0.6 is 0 Å². The average molecular weight is 561 g/mol. The van der Waals surface area contributed by atoms with Crippen molar-refractivity contribution < 1.29 is 13.6 Å². The molecule has 0 aromatic rings. The third-order valence-electron chi connectivity index (χ3n) is 10.2. The molecule has 0 radical (unpaired) electrons. The first-order chi connectivity index (χ1) is 19.4. The molecule has 11 heteroatoms. The van der Waals surface area contributed by atoms with Crippen LogP contribution in [0.15, 0.2) is 29.0 Å². The summed E-state index contributed by atoms with van der Waals surface area (Å²) in [7, 11) is 0. The van der Waals surface area contributed by atoms with E-state index in [1.165, 1.54) is 6.42 Å². The Kier molecular flexibility index (Phi) is 8.56. The molecule has 6 unspecified atom stereocenters. The topological polar surface area (TPSA) is 110 Å². The summed E-state index contributed by atoms with van der Waals surface area (Å²) in [5.74, 6) is -1.05. The SMILES string of the molecule is NC1NC2/C=C/C(F)C/N=C(\CC23CCCCC3)C1C(=O)NC1=CNCC(F)C1N1CCC(N2CCNC2)CC1. The van der Waals surface area contributed by atoms with E-state index in [0.29, 0.717) is 23.9 Å². The van der Waals surface area contributed by atoms with Crippen molar-refractivity contribution in [1.82, 2.24) is 31.1 Å². The van der Waals surface area contributed by atoms with Gasteiger partial charge in [-0.3, -0.25) is 24.9 Å². The molecule has 1 amide bonds. The monoisotopic (exact) mass is 560 g/mol. The molecule has 1 aliphatic carbocycles. The number of carbonyl (C=O) groups excluding carboxylic acids is 1. The minimum absolute atomic E-state index is 0.00789. The van der Waals surface area contributed by atoms with E-state index in [2.05, 4.69) is 36.1 Å². The van der Waals surface area contributed by atoms with Crippen LogP contribution in [0.1, 0.15) is 51.4 Å². The quantitative estimate of drug-likeness (QED) is 0.328. The van der Waals surface area contributed by atoms with Crippen LogP contribution in [0, 0.1) is 11.3 Å². The second-order valence-electron chi connectivity index (χ2n) is 12.7. The first-order valence-corrected chi connectivity index (χ1v) is 15.4. The minimum Gasteiger partial charge on any atom is -0.386 e. The Morgan fingerprint density at radius 3 is 2.65 bits per heavy atom. The fourth-order valence-corrected chi connectivity index (χ4v) is 8.03. The molecule has 6 rings (SSSR count). The van der Waals surface area contributed by atoms with E-state index >= 15 is 4.39 Å². The van der Waals surface area contributed by atoms with E-state index in [9.17, 15) is 9.18 Å². The standard InChI is InChI=1S/C29H46F2N8O/c30-19-4-5-24-29(8-2-1-3-9-29)14-22(35-15-19)25(27(32)37-24)28(40)36-23-17-34-16-21(31)26(23)38-11-6-20(7-12-38)39-13-10-33-18-39/h4-5,17,19-21,24-27,33-34,37H,1-3,6-16,18,32H2,(H,36,40)/b5-4+,35-22+. The van der Waals surface area contributed by atoms with Crippen molar-refractivity contribution in [2.75, 3.05) is 45.9 Å². The van der Waals surface area contributed by atoms with Gasteiger partial charge in [-0.1, -0.05) is 31.4 Å². The summed E-state index contributed by atoms with van der Waals surface area (Å²) in [6.45, 7) is 4.78. The summed E-state index contributed by atoms with van der Waals surface area (Å²) in [6.07, 6.45) is 10.2. The number of hydrogen-bond acceptors (Lipinski definition) is 8. The highest BCUT2D eigenvalue weighted by molar-refractivity contribution is 6.06. The summed E-state index contributed by atoms with van der Waals surface area (Å²) in [5, 5.41) is 13.0. The van der Waals surface area contributed by atoms with Gasteiger partial charge in [0.2, 0.25) is 5.91 Å². The van der Waals surface area contributed by atoms with Crippen LogP contribution in [0.3, 0.4) is 0 Å². The molecule has 6 aliphatic rings. The lowest BCUT2D eigenvalue weighted by Gasteiger charge is -2.43. The second-order valence-corrected chi connectivity index (χ2v) is 12.7. The molecule has 1 saturated carbocycles.